The fourth-order valence-corrected chi connectivity index (χ4v) is 4.23. The van der Waals surface area contributed by atoms with Gasteiger partial charge in [-0.15, -0.1) is 10.2 Å². The van der Waals surface area contributed by atoms with Gasteiger partial charge in [0.2, 0.25) is 15.2 Å². The van der Waals surface area contributed by atoms with Crippen molar-refractivity contribution in [1.82, 2.24) is 14.9 Å². The molecule has 2 aromatic rings. The van der Waals surface area contributed by atoms with Crippen LogP contribution in [0.2, 0.25) is 0 Å². The quantitative estimate of drug-likeness (QED) is 0.738. The number of aromatic nitrogens is 2. The summed E-state index contributed by atoms with van der Waals surface area (Å²) in [5.41, 5.74) is 0.344. The van der Waals surface area contributed by atoms with Crippen LogP contribution in [0.25, 0.3) is 0 Å². The average Bonchev–Trinajstić information content (AvgIpc) is 3.32. The Morgan fingerprint density at radius 2 is 2.08 bits per heavy atom. The van der Waals surface area contributed by atoms with E-state index in [1.54, 1.807) is 0 Å². The number of rotatable bonds is 7. The van der Waals surface area contributed by atoms with Gasteiger partial charge < -0.3 is 4.74 Å². The molecule has 26 heavy (non-hydrogen) atoms. The van der Waals surface area contributed by atoms with Crippen LogP contribution in [-0.4, -0.2) is 43.8 Å². The van der Waals surface area contributed by atoms with Crippen LogP contribution >= 0.6 is 11.3 Å². The number of anilines is 1. The average molecular weight is 396 g/mol. The van der Waals surface area contributed by atoms with Crippen molar-refractivity contribution in [3.8, 4) is 0 Å². The van der Waals surface area contributed by atoms with Crippen LogP contribution in [0.5, 0.6) is 0 Å². The predicted molar refractivity (Wildman–Crippen MR) is 97.8 cm³/mol. The topological polar surface area (TPSA) is 110 Å². The Morgan fingerprint density at radius 1 is 1.31 bits per heavy atom. The lowest BCUT2D eigenvalue weighted by atomic mass is 10.2. The minimum atomic E-state index is -3.63. The number of benzene rings is 1. The molecule has 1 amide bonds. The number of aryl methyl sites for hydroxylation is 1. The number of nitrogens with one attached hydrogen (secondary N) is 2. The van der Waals surface area contributed by atoms with E-state index >= 15 is 0 Å². The molecule has 0 bridgehead atoms. The molecule has 8 nitrogen and oxygen atoms in total. The van der Waals surface area contributed by atoms with Gasteiger partial charge in [-0.05, 0) is 43.5 Å². The number of carbonyl (C=O) groups excluding carboxylic acids is 1. The SMILES string of the molecule is CCc1nnc(NC(=O)c2ccc(S(=O)(=O)NCC3CCCO3)cc2)s1. The van der Waals surface area contributed by atoms with Crippen LogP contribution in [-0.2, 0) is 21.2 Å². The largest absolute Gasteiger partial charge is 0.377 e. The first-order chi connectivity index (χ1) is 12.5. The molecule has 1 unspecified atom stereocenters. The molecule has 0 aliphatic carbocycles. The highest BCUT2D eigenvalue weighted by Crippen LogP contribution is 2.18. The van der Waals surface area contributed by atoms with Crippen molar-refractivity contribution < 1.29 is 17.9 Å². The molecule has 2 heterocycles. The Balaban J connectivity index is 1.62. The molecule has 0 saturated carbocycles. The van der Waals surface area contributed by atoms with Crippen molar-refractivity contribution in [2.24, 2.45) is 0 Å². The molecule has 1 saturated heterocycles. The first-order valence-corrected chi connectivity index (χ1v) is 10.6. The van der Waals surface area contributed by atoms with E-state index < -0.39 is 10.0 Å². The first kappa shape index (κ1) is 18.9. The lowest BCUT2D eigenvalue weighted by Crippen LogP contribution is -2.31. The van der Waals surface area contributed by atoms with Gasteiger partial charge in [0, 0.05) is 18.7 Å². The summed E-state index contributed by atoms with van der Waals surface area (Å²) in [4.78, 5) is 12.3. The Bertz CT molecular complexity index is 859. The van der Waals surface area contributed by atoms with Gasteiger partial charge in [0.15, 0.2) is 0 Å². The molecule has 3 rings (SSSR count). The highest BCUT2D eigenvalue weighted by molar-refractivity contribution is 7.89. The Hall–Kier alpha value is -1.88. The number of ether oxygens (including phenoxy) is 1. The number of sulfonamides is 1. The van der Waals surface area contributed by atoms with Crippen LogP contribution in [0.15, 0.2) is 29.2 Å². The molecule has 1 aliphatic heterocycles. The number of amides is 1. The molecule has 10 heteroatoms. The van der Waals surface area contributed by atoms with Crippen LogP contribution in [0, 0.1) is 0 Å². The Labute approximate surface area is 156 Å². The lowest BCUT2D eigenvalue weighted by molar-refractivity contribution is 0.102. The van der Waals surface area contributed by atoms with Crippen molar-refractivity contribution in [2.45, 2.75) is 37.2 Å². The molecule has 1 aliphatic rings. The standard InChI is InChI=1S/C16H20N4O4S2/c1-2-14-19-20-16(25-14)18-15(21)11-5-7-13(8-6-11)26(22,23)17-10-12-4-3-9-24-12/h5-8,12,17H,2-4,9-10H2,1H3,(H,18,20,21). The molecule has 1 atom stereocenters. The summed E-state index contributed by atoms with van der Waals surface area (Å²) in [5.74, 6) is -0.361. The fourth-order valence-electron chi connectivity index (χ4n) is 2.49. The van der Waals surface area contributed by atoms with E-state index in [4.69, 9.17) is 4.74 Å². The third kappa shape index (κ3) is 4.64. The summed E-state index contributed by atoms with van der Waals surface area (Å²) in [7, 11) is -3.63. The zero-order valence-corrected chi connectivity index (χ0v) is 15.9. The van der Waals surface area contributed by atoms with E-state index in [-0.39, 0.29) is 23.5 Å². The van der Waals surface area contributed by atoms with Gasteiger partial charge in [0.05, 0.1) is 11.0 Å². The number of nitrogens with zero attached hydrogens (tertiary/aromatic N) is 2. The van der Waals surface area contributed by atoms with Gasteiger partial charge in [-0.25, -0.2) is 13.1 Å². The molecule has 1 aromatic carbocycles. The molecule has 0 spiro atoms. The molecule has 2 N–H and O–H groups in total. The second kappa shape index (κ2) is 8.21. The van der Waals surface area contributed by atoms with Crippen molar-refractivity contribution in [3.05, 3.63) is 34.8 Å². The van der Waals surface area contributed by atoms with Crippen molar-refractivity contribution in [3.63, 3.8) is 0 Å². The summed E-state index contributed by atoms with van der Waals surface area (Å²) in [5, 5.41) is 11.7. The van der Waals surface area contributed by atoms with Crippen LogP contribution in [0.4, 0.5) is 5.13 Å². The van der Waals surface area contributed by atoms with Gasteiger partial charge in [0.1, 0.15) is 5.01 Å². The maximum atomic E-state index is 12.3. The first-order valence-electron chi connectivity index (χ1n) is 8.33. The van der Waals surface area contributed by atoms with E-state index in [0.717, 1.165) is 24.3 Å². The minimum absolute atomic E-state index is 0.0743. The Kier molecular flexibility index (Phi) is 5.97. The maximum Gasteiger partial charge on any atom is 0.257 e. The second-order valence-electron chi connectivity index (χ2n) is 5.82. The molecule has 140 valence electrons. The highest BCUT2D eigenvalue weighted by atomic mass is 32.2. The Morgan fingerprint density at radius 3 is 2.69 bits per heavy atom. The fraction of sp³-hybridized carbons (Fsp3) is 0.438. The summed E-state index contributed by atoms with van der Waals surface area (Å²) in [6, 6.07) is 5.75. The zero-order chi connectivity index (χ0) is 18.6. The summed E-state index contributed by atoms with van der Waals surface area (Å²) in [6.45, 7) is 2.88. The van der Waals surface area contributed by atoms with Crippen molar-refractivity contribution in [2.75, 3.05) is 18.5 Å². The van der Waals surface area contributed by atoms with E-state index in [1.807, 2.05) is 6.92 Å². The number of hydrogen-bond acceptors (Lipinski definition) is 7. The van der Waals surface area contributed by atoms with Gasteiger partial charge >= 0.3 is 0 Å². The highest BCUT2D eigenvalue weighted by Gasteiger charge is 2.20. The molecular weight excluding hydrogens is 376 g/mol. The lowest BCUT2D eigenvalue weighted by Gasteiger charge is -2.11. The van der Waals surface area contributed by atoms with Gasteiger partial charge in [-0.2, -0.15) is 0 Å². The van der Waals surface area contributed by atoms with Crippen LogP contribution < -0.4 is 10.0 Å². The van der Waals surface area contributed by atoms with E-state index in [0.29, 0.717) is 17.3 Å². The van der Waals surface area contributed by atoms with Gasteiger partial charge in [-0.1, -0.05) is 18.3 Å². The van der Waals surface area contributed by atoms with Crippen molar-refractivity contribution >= 4 is 32.4 Å². The molecule has 0 radical (unpaired) electrons. The summed E-state index contributed by atoms with van der Waals surface area (Å²) < 4.78 is 32.6. The van der Waals surface area contributed by atoms with E-state index in [1.165, 1.54) is 35.6 Å². The normalized spacial score (nSPS) is 17.3. The maximum absolute atomic E-state index is 12.3. The zero-order valence-electron chi connectivity index (χ0n) is 14.3. The molecule has 1 fully saturated rings. The molecular formula is C16H20N4O4S2. The van der Waals surface area contributed by atoms with Crippen LogP contribution in [0.1, 0.15) is 35.1 Å². The van der Waals surface area contributed by atoms with Gasteiger partial charge in [-0.3, -0.25) is 10.1 Å². The minimum Gasteiger partial charge on any atom is -0.377 e. The van der Waals surface area contributed by atoms with Crippen LogP contribution in [0.3, 0.4) is 0 Å². The predicted octanol–water partition coefficient (Wildman–Crippen LogP) is 1.81. The third-order valence-electron chi connectivity index (χ3n) is 3.94. The smallest absolute Gasteiger partial charge is 0.257 e. The number of hydrogen-bond donors (Lipinski definition) is 2. The monoisotopic (exact) mass is 396 g/mol. The van der Waals surface area contributed by atoms with Gasteiger partial charge in [0.25, 0.3) is 5.91 Å². The third-order valence-corrected chi connectivity index (χ3v) is 6.36. The van der Waals surface area contributed by atoms with Crippen molar-refractivity contribution in [1.29, 1.82) is 0 Å². The second-order valence-corrected chi connectivity index (χ2v) is 8.65. The molecule has 1 aromatic heterocycles. The van der Waals surface area contributed by atoms with E-state index in [2.05, 4.69) is 20.2 Å². The number of carbonyl (C=O) groups is 1. The summed E-state index contributed by atoms with van der Waals surface area (Å²) in [6.07, 6.45) is 2.48. The van der Waals surface area contributed by atoms with E-state index in [9.17, 15) is 13.2 Å². The summed E-state index contributed by atoms with van der Waals surface area (Å²) >= 11 is 1.31.